The molecule has 0 spiro atoms. The molecule has 0 fully saturated rings. The zero-order valence-electron chi connectivity index (χ0n) is 4.94. The van der Waals surface area contributed by atoms with E-state index in [4.69, 9.17) is 16.7 Å². The molecule has 0 unspecified atom stereocenters. The highest BCUT2D eigenvalue weighted by molar-refractivity contribution is 6.28. The number of rotatable bonds is 0. The van der Waals surface area contributed by atoms with E-state index in [9.17, 15) is 0 Å². The van der Waals surface area contributed by atoms with Crippen LogP contribution >= 0.6 is 11.6 Å². The third kappa shape index (κ3) is 3.50. The van der Waals surface area contributed by atoms with Gasteiger partial charge in [0.1, 0.15) is 0 Å². The van der Waals surface area contributed by atoms with Gasteiger partial charge in [0.05, 0.1) is 6.07 Å². The molecule has 1 heterocycles. The van der Waals surface area contributed by atoms with Gasteiger partial charge in [-0.1, -0.05) is 0 Å². The fourth-order valence-electron chi connectivity index (χ4n) is 0.429. The van der Waals surface area contributed by atoms with Crippen LogP contribution in [0.25, 0.3) is 0 Å². The maximum absolute atomic E-state index is 8.67. The van der Waals surface area contributed by atoms with E-state index in [2.05, 4.69) is 4.98 Å². The van der Waals surface area contributed by atoms with Gasteiger partial charge in [0.15, 0.2) is 0 Å². The first-order chi connectivity index (χ1) is 3.79. The lowest BCUT2D eigenvalue weighted by molar-refractivity contribution is -0.391. The number of aromatic amines is 1. The average molecular weight is 184 g/mol. The highest BCUT2D eigenvalue weighted by Gasteiger charge is 1.95. The van der Waals surface area contributed by atoms with E-state index in [1.807, 2.05) is 0 Å². The summed E-state index contributed by atoms with van der Waals surface area (Å²) in [5.74, 6) is 0.0810. The minimum Gasteiger partial charge on any atom is -1.00 e. The van der Waals surface area contributed by atoms with E-state index in [-0.39, 0.29) is 23.8 Å². The van der Waals surface area contributed by atoms with Crippen LogP contribution in [0.1, 0.15) is 0 Å². The summed E-state index contributed by atoms with van der Waals surface area (Å²) >= 11 is 5.43. The predicted molar refractivity (Wildman–Crippen MR) is 33.3 cm³/mol. The van der Waals surface area contributed by atoms with Crippen molar-refractivity contribution in [2.75, 3.05) is 0 Å². The van der Waals surface area contributed by atoms with Crippen LogP contribution in [-0.2, 0) is 0 Å². The molecule has 1 aromatic heterocycles. The Morgan fingerprint density at radius 3 is 2.30 bits per heavy atom. The van der Waals surface area contributed by atoms with Gasteiger partial charge in [-0.2, -0.15) is 4.98 Å². The van der Waals surface area contributed by atoms with Crippen LogP contribution in [0, 0.1) is 0 Å². The zero-order valence-corrected chi connectivity index (χ0v) is 6.45. The van der Waals surface area contributed by atoms with Crippen LogP contribution in [0.15, 0.2) is 18.2 Å². The Morgan fingerprint density at radius 1 is 1.40 bits per heavy atom. The van der Waals surface area contributed by atoms with Crippen LogP contribution in [0.4, 0.5) is 0 Å². The van der Waals surface area contributed by atoms with Gasteiger partial charge in [0, 0.05) is 6.07 Å². The Labute approximate surface area is 69.4 Å². The lowest BCUT2D eigenvalue weighted by Crippen LogP contribution is -3.00. The molecule has 4 N–H and O–H groups in total. The summed E-state index contributed by atoms with van der Waals surface area (Å²) in [6.07, 6.45) is 0. The van der Waals surface area contributed by atoms with E-state index in [0.717, 1.165) is 0 Å². The van der Waals surface area contributed by atoms with Gasteiger partial charge < -0.3 is 23.0 Å². The number of hydrogen-bond donors (Lipinski definition) is 1. The SMILES string of the molecule is O.Oc1cccc(Cl)[nH+]1.[Cl-]. The molecule has 0 radical (unpaired) electrons. The highest BCUT2D eigenvalue weighted by atomic mass is 35.5. The molecule has 1 rings (SSSR count). The molecular weight excluding hydrogens is 177 g/mol. The lowest BCUT2D eigenvalue weighted by atomic mass is 10.5. The second-order valence-electron chi connectivity index (χ2n) is 1.38. The van der Waals surface area contributed by atoms with Crippen molar-refractivity contribution in [2.24, 2.45) is 0 Å². The van der Waals surface area contributed by atoms with Crippen molar-refractivity contribution in [2.45, 2.75) is 0 Å². The Hall–Kier alpha value is -0.510. The molecule has 0 aliphatic heterocycles. The molecule has 10 heavy (non-hydrogen) atoms. The quantitative estimate of drug-likeness (QED) is 0.430. The number of hydrogen-bond acceptors (Lipinski definition) is 1. The van der Waals surface area contributed by atoms with Crippen LogP contribution in [0.3, 0.4) is 0 Å². The van der Waals surface area contributed by atoms with Gasteiger partial charge in [-0.15, -0.1) is 0 Å². The fraction of sp³-hybridized carbons (Fsp3) is 0. The molecule has 0 amide bonds. The maximum atomic E-state index is 8.67. The molecule has 0 atom stereocenters. The molecule has 0 aliphatic carbocycles. The van der Waals surface area contributed by atoms with Crippen molar-refractivity contribution >= 4 is 11.6 Å². The van der Waals surface area contributed by atoms with Crippen molar-refractivity contribution < 1.29 is 28.0 Å². The standard InChI is InChI=1S/C5H4ClNO.ClH.H2O/c6-4-2-1-3-5(8)7-4;;/h1-3H,(H,7,8);1H;1H2. The van der Waals surface area contributed by atoms with Gasteiger partial charge in [-0.3, -0.25) is 0 Å². The van der Waals surface area contributed by atoms with Crippen LogP contribution in [0.2, 0.25) is 5.15 Å². The van der Waals surface area contributed by atoms with E-state index < -0.39 is 0 Å². The molecule has 0 saturated carbocycles. The van der Waals surface area contributed by atoms with E-state index >= 15 is 0 Å². The van der Waals surface area contributed by atoms with Gasteiger partial charge in [-0.25, -0.2) is 0 Å². The molecule has 0 aliphatic rings. The molecule has 3 nitrogen and oxygen atoms in total. The van der Waals surface area contributed by atoms with Crippen molar-refractivity contribution in [3.8, 4) is 5.88 Å². The van der Waals surface area contributed by atoms with Crippen molar-refractivity contribution in [3.05, 3.63) is 23.4 Å². The normalized spacial score (nSPS) is 7.30. The highest BCUT2D eigenvalue weighted by Crippen LogP contribution is 2.01. The topological polar surface area (TPSA) is 65.9 Å². The molecular formula is C5H7Cl2NO2. The van der Waals surface area contributed by atoms with Gasteiger partial charge in [-0.05, 0) is 17.7 Å². The smallest absolute Gasteiger partial charge is 0.364 e. The number of aromatic hydroxyl groups is 1. The largest absolute Gasteiger partial charge is 1.00 e. The third-order valence-electron chi connectivity index (χ3n) is 0.744. The van der Waals surface area contributed by atoms with Gasteiger partial charge in [0.2, 0.25) is 0 Å². The maximum Gasteiger partial charge on any atom is 0.364 e. The summed E-state index contributed by atoms with van der Waals surface area (Å²) in [7, 11) is 0. The van der Waals surface area contributed by atoms with Crippen LogP contribution in [0.5, 0.6) is 5.88 Å². The summed E-state index contributed by atoms with van der Waals surface area (Å²) in [6.45, 7) is 0. The summed E-state index contributed by atoms with van der Waals surface area (Å²) in [4.78, 5) is 2.49. The van der Waals surface area contributed by atoms with Crippen LogP contribution < -0.4 is 17.4 Å². The third-order valence-corrected chi connectivity index (χ3v) is 0.965. The number of H-pyrrole nitrogens is 1. The zero-order chi connectivity index (χ0) is 5.98. The second kappa shape index (κ2) is 5.29. The minimum atomic E-state index is 0. The summed E-state index contributed by atoms with van der Waals surface area (Å²) in [5, 5.41) is 9.11. The Kier molecular flexibility index (Phi) is 6.45. The second-order valence-corrected chi connectivity index (χ2v) is 1.79. The van der Waals surface area contributed by atoms with Crippen molar-refractivity contribution in [1.29, 1.82) is 0 Å². The predicted octanol–water partition coefficient (Wildman–Crippen LogP) is -2.96. The minimum absolute atomic E-state index is 0. The molecule has 1 aromatic rings. The van der Waals surface area contributed by atoms with Gasteiger partial charge >= 0.3 is 5.88 Å². The molecule has 58 valence electrons. The molecule has 5 heteroatoms. The monoisotopic (exact) mass is 183 g/mol. The number of halogens is 2. The number of aromatic nitrogens is 1. The Bertz CT molecular complexity index is 178. The summed E-state index contributed by atoms with van der Waals surface area (Å²) in [6, 6.07) is 4.83. The van der Waals surface area contributed by atoms with E-state index in [1.54, 1.807) is 12.1 Å². The Morgan fingerprint density at radius 2 is 2.00 bits per heavy atom. The molecule has 0 bridgehead atoms. The Balaban J connectivity index is 0. The van der Waals surface area contributed by atoms with E-state index in [1.165, 1.54) is 6.07 Å². The molecule has 0 aromatic carbocycles. The fourth-order valence-corrected chi connectivity index (χ4v) is 0.599. The number of nitrogens with one attached hydrogen (secondary N) is 1. The van der Waals surface area contributed by atoms with Crippen molar-refractivity contribution in [3.63, 3.8) is 0 Å². The average Bonchev–Trinajstić information content (AvgIpc) is 1.64. The molecule has 0 saturated heterocycles. The first kappa shape index (κ1) is 12.2. The number of pyridine rings is 1. The first-order valence-electron chi connectivity index (χ1n) is 2.16. The van der Waals surface area contributed by atoms with E-state index in [0.29, 0.717) is 5.15 Å². The van der Waals surface area contributed by atoms with Crippen molar-refractivity contribution in [1.82, 2.24) is 0 Å². The summed E-state index contributed by atoms with van der Waals surface area (Å²) in [5.41, 5.74) is 0. The first-order valence-corrected chi connectivity index (χ1v) is 2.53. The summed E-state index contributed by atoms with van der Waals surface area (Å²) < 4.78 is 0. The van der Waals surface area contributed by atoms with Crippen LogP contribution in [-0.4, -0.2) is 10.6 Å². The lowest BCUT2D eigenvalue weighted by Gasteiger charge is -1.79. The van der Waals surface area contributed by atoms with Gasteiger partial charge in [0.25, 0.3) is 5.15 Å².